The zero-order valence-electron chi connectivity index (χ0n) is 19.8. The highest BCUT2D eigenvalue weighted by Crippen LogP contribution is 2.40. The maximum atomic E-state index is 14.2. The molecule has 3 aromatic rings. The van der Waals surface area contributed by atoms with E-state index in [9.17, 15) is 27.5 Å². The molecule has 0 aliphatic heterocycles. The first-order valence-electron chi connectivity index (χ1n) is 10.8. The van der Waals surface area contributed by atoms with Crippen LogP contribution in [0.5, 0.6) is 17.4 Å². The Hall–Kier alpha value is -3.71. The Bertz CT molecular complexity index is 1310. The molecule has 9 nitrogen and oxygen atoms in total. The molecule has 1 aromatic carbocycles. The van der Waals surface area contributed by atoms with Crippen molar-refractivity contribution in [1.29, 1.82) is 0 Å². The highest BCUT2D eigenvalue weighted by atomic mass is 35.5. The highest BCUT2D eigenvalue weighted by Gasteiger charge is 2.38. The average Bonchev–Trinajstić information content (AvgIpc) is 2.85. The van der Waals surface area contributed by atoms with Gasteiger partial charge in [0.1, 0.15) is 17.5 Å². The minimum atomic E-state index is -4.70. The third-order valence-corrected chi connectivity index (χ3v) is 5.32. The van der Waals surface area contributed by atoms with E-state index in [1.807, 2.05) is 0 Å². The van der Waals surface area contributed by atoms with Gasteiger partial charge >= 0.3 is 6.18 Å². The number of amides is 1. The number of fused-ring (bicyclic) bond motifs is 1. The number of hydrazone groups is 1. The summed E-state index contributed by atoms with van der Waals surface area (Å²) in [6, 6.07) is 5.38. The Balaban J connectivity index is 2.17. The van der Waals surface area contributed by atoms with Crippen molar-refractivity contribution in [1.82, 2.24) is 14.9 Å². The molecule has 0 aliphatic rings. The predicted octanol–water partition coefficient (Wildman–Crippen LogP) is 4.76. The van der Waals surface area contributed by atoms with Gasteiger partial charge in [0.15, 0.2) is 23.5 Å². The second kappa shape index (κ2) is 11.6. The summed E-state index contributed by atoms with van der Waals surface area (Å²) in [6.07, 6.45) is -4.29. The first kappa shape index (κ1) is 27.9. The molecule has 0 saturated carbocycles. The normalized spacial score (nSPS) is 12.8. The molecule has 14 heteroatoms. The Kier molecular flexibility index (Phi) is 8.71. The molecule has 198 valence electrons. The number of hydrogen-bond donors (Lipinski definition) is 1. The first-order chi connectivity index (χ1) is 17.5. The molecule has 2 heterocycles. The fraction of sp³-hybridized carbons (Fsp3) is 0.304. The number of likely N-dealkylation sites (N-methyl/N-ethyl adjacent to an activating group) is 1. The Morgan fingerprint density at radius 1 is 1.27 bits per heavy atom. The van der Waals surface area contributed by atoms with Gasteiger partial charge in [-0.2, -0.15) is 18.3 Å². The van der Waals surface area contributed by atoms with Crippen LogP contribution in [0.2, 0.25) is 5.15 Å². The molecule has 0 aliphatic carbocycles. The number of amidine groups is 1. The van der Waals surface area contributed by atoms with Crippen LogP contribution in [-0.2, 0) is 4.79 Å². The SMILES string of the molecule is CCN(C=O)/C(CO)=N\N(C)c1cc(OC(C)C(F)(F)F)c2c(Oc3cc(Cl)ncc3F)nccc2c1. The number of carbonyl (C=O) groups excluding carboxylic acids is 1. The van der Waals surface area contributed by atoms with Gasteiger partial charge in [-0.1, -0.05) is 11.6 Å². The van der Waals surface area contributed by atoms with Crippen LogP contribution < -0.4 is 14.5 Å². The van der Waals surface area contributed by atoms with Crippen LogP contribution in [0, 0.1) is 5.82 Å². The molecule has 0 bridgehead atoms. The van der Waals surface area contributed by atoms with Gasteiger partial charge in [0.05, 0.1) is 17.3 Å². The van der Waals surface area contributed by atoms with Gasteiger partial charge in [-0.3, -0.25) is 14.7 Å². The van der Waals surface area contributed by atoms with Gasteiger partial charge in [-0.15, -0.1) is 0 Å². The van der Waals surface area contributed by atoms with Crippen LogP contribution in [0.15, 0.2) is 41.8 Å². The number of aromatic nitrogens is 2. The lowest BCUT2D eigenvalue weighted by molar-refractivity contribution is -0.189. The largest absolute Gasteiger partial charge is 0.480 e. The fourth-order valence-electron chi connectivity index (χ4n) is 3.15. The first-order valence-corrected chi connectivity index (χ1v) is 11.1. The van der Waals surface area contributed by atoms with Crippen molar-refractivity contribution in [2.75, 3.05) is 25.2 Å². The topological polar surface area (TPSA) is 100 Å². The van der Waals surface area contributed by atoms with E-state index in [0.29, 0.717) is 11.8 Å². The molecule has 37 heavy (non-hydrogen) atoms. The van der Waals surface area contributed by atoms with Crippen LogP contribution >= 0.6 is 11.6 Å². The molecule has 1 unspecified atom stereocenters. The summed E-state index contributed by atoms with van der Waals surface area (Å²) in [6.45, 7) is 2.16. The smallest absolute Gasteiger partial charge is 0.425 e. The number of hydrogen-bond acceptors (Lipinski definition) is 8. The van der Waals surface area contributed by atoms with Gasteiger partial charge < -0.3 is 14.6 Å². The second-order valence-corrected chi connectivity index (χ2v) is 7.98. The van der Waals surface area contributed by atoms with Crippen molar-refractivity contribution < 1.29 is 36.9 Å². The van der Waals surface area contributed by atoms with E-state index in [-0.39, 0.29) is 46.0 Å². The van der Waals surface area contributed by atoms with Crippen LogP contribution in [0.3, 0.4) is 0 Å². The van der Waals surface area contributed by atoms with Gasteiger partial charge in [0.25, 0.3) is 0 Å². The third kappa shape index (κ3) is 6.54. The molecule has 0 spiro atoms. The number of ether oxygens (including phenoxy) is 2. The minimum absolute atomic E-state index is 0.00927. The van der Waals surface area contributed by atoms with E-state index >= 15 is 0 Å². The maximum Gasteiger partial charge on any atom is 0.425 e. The van der Waals surface area contributed by atoms with E-state index in [2.05, 4.69) is 15.1 Å². The number of carbonyl (C=O) groups is 1. The quantitative estimate of drug-likeness (QED) is 0.104. The van der Waals surface area contributed by atoms with Crippen molar-refractivity contribution in [2.24, 2.45) is 5.10 Å². The molecule has 2 aromatic heterocycles. The summed E-state index contributed by atoms with van der Waals surface area (Å²) in [7, 11) is 1.47. The Morgan fingerprint density at radius 2 is 2.00 bits per heavy atom. The Labute approximate surface area is 213 Å². The molecular weight excluding hydrogens is 522 g/mol. The Morgan fingerprint density at radius 3 is 2.62 bits per heavy atom. The monoisotopic (exact) mass is 543 g/mol. The summed E-state index contributed by atoms with van der Waals surface area (Å²) in [4.78, 5) is 20.1. The number of rotatable bonds is 9. The van der Waals surface area contributed by atoms with E-state index in [4.69, 9.17) is 21.1 Å². The van der Waals surface area contributed by atoms with Crippen molar-refractivity contribution in [2.45, 2.75) is 26.1 Å². The molecular formula is C23H22ClF4N5O4. The summed E-state index contributed by atoms with van der Waals surface area (Å²) >= 11 is 5.81. The summed E-state index contributed by atoms with van der Waals surface area (Å²) in [5.74, 6) is -1.73. The number of nitrogens with zero attached hydrogens (tertiary/aromatic N) is 5. The van der Waals surface area contributed by atoms with Gasteiger partial charge in [0, 0.05) is 31.9 Å². The van der Waals surface area contributed by atoms with Crippen molar-refractivity contribution in [3.63, 3.8) is 0 Å². The summed E-state index contributed by atoms with van der Waals surface area (Å²) < 4.78 is 65.2. The number of anilines is 1. The minimum Gasteiger partial charge on any atom is -0.480 e. The molecule has 1 atom stereocenters. The predicted molar refractivity (Wildman–Crippen MR) is 129 cm³/mol. The fourth-order valence-corrected chi connectivity index (χ4v) is 3.30. The van der Waals surface area contributed by atoms with E-state index in [1.165, 1.54) is 30.4 Å². The van der Waals surface area contributed by atoms with Crippen LogP contribution in [0.1, 0.15) is 13.8 Å². The zero-order valence-corrected chi connectivity index (χ0v) is 20.6. The third-order valence-electron chi connectivity index (χ3n) is 5.12. The van der Waals surface area contributed by atoms with Crippen molar-refractivity contribution in [3.05, 3.63) is 47.6 Å². The highest BCUT2D eigenvalue weighted by molar-refractivity contribution is 6.29. The van der Waals surface area contributed by atoms with E-state index < -0.39 is 24.7 Å². The molecule has 0 radical (unpaired) electrons. The van der Waals surface area contributed by atoms with Gasteiger partial charge in [-0.05, 0) is 31.4 Å². The number of aliphatic hydroxyl groups is 1. The maximum absolute atomic E-state index is 14.2. The van der Waals surface area contributed by atoms with E-state index in [1.54, 1.807) is 13.0 Å². The van der Waals surface area contributed by atoms with Crippen molar-refractivity contribution in [3.8, 4) is 17.4 Å². The van der Waals surface area contributed by atoms with E-state index in [0.717, 1.165) is 24.1 Å². The van der Waals surface area contributed by atoms with Gasteiger partial charge in [0.2, 0.25) is 12.3 Å². The van der Waals surface area contributed by atoms with Crippen LogP contribution in [0.25, 0.3) is 10.8 Å². The lowest BCUT2D eigenvalue weighted by Gasteiger charge is -2.23. The molecule has 3 rings (SSSR count). The molecule has 0 fully saturated rings. The molecule has 0 saturated heterocycles. The number of alkyl halides is 3. The van der Waals surface area contributed by atoms with Gasteiger partial charge in [-0.25, -0.2) is 14.4 Å². The lowest BCUT2D eigenvalue weighted by atomic mass is 10.1. The summed E-state index contributed by atoms with van der Waals surface area (Å²) in [5.41, 5.74) is 0.250. The average molecular weight is 544 g/mol. The van der Waals surface area contributed by atoms with Crippen LogP contribution in [0.4, 0.5) is 23.2 Å². The number of benzene rings is 1. The molecule has 1 amide bonds. The number of pyridine rings is 2. The van der Waals surface area contributed by atoms with Crippen molar-refractivity contribution >= 4 is 40.3 Å². The number of halogens is 5. The number of aliphatic hydroxyl groups excluding tert-OH is 1. The zero-order chi connectivity index (χ0) is 27.3. The summed E-state index contributed by atoms with van der Waals surface area (Å²) in [5, 5.41) is 15.4. The molecule has 1 N–H and O–H groups in total. The van der Waals surface area contributed by atoms with Crippen LogP contribution in [-0.4, -0.2) is 64.7 Å². The lowest BCUT2D eigenvalue weighted by Crippen LogP contribution is -2.34. The standard InChI is InChI=1S/C23H22ClF4N5O4/c1-4-33(12-35)20(11-34)31-32(3)15-7-14-5-6-29-22(37-17-9-19(24)30-10-16(17)25)21(14)18(8-15)36-13(2)23(26,27)28/h5-10,12-13,34H,4,11H2,1-3H3/b31-20-. The second-order valence-electron chi connectivity index (χ2n) is 7.59.